The summed E-state index contributed by atoms with van der Waals surface area (Å²) in [5, 5.41) is 24.0. The summed E-state index contributed by atoms with van der Waals surface area (Å²) >= 11 is 0. The molecule has 0 bridgehead atoms. The Balaban J connectivity index is 1.41. The average Bonchev–Trinajstić information content (AvgIpc) is 2.92. The molecule has 180 valence electrons. The number of hydrogen-bond acceptors (Lipinski definition) is 9. The summed E-state index contributed by atoms with van der Waals surface area (Å²) in [7, 11) is 0. The fourth-order valence-corrected chi connectivity index (χ4v) is 3.60. The Morgan fingerprint density at radius 3 is 2.71 bits per heavy atom. The first kappa shape index (κ1) is 23.9. The number of carbonyl (C=O) groups is 1. The van der Waals surface area contributed by atoms with Gasteiger partial charge >= 0.3 is 0 Å². The van der Waals surface area contributed by atoms with Crippen LogP contribution < -0.4 is 20.3 Å². The molecule has 1 aliphatic rings. The Kier molecular flexibility index (Phi) is 8.06. The van der Waals surface area contributed by atoms with Crippen molar-refractivity contribution in [2.24, 2.45) is 0 Å². The van der Waals surface area contributed by atoms with Crippen molar-refractivity contribution in [2.75, 3.05) is 56.3 Å². The summed E-state index contributed by atoms with van der Waals surface area (Å²) in [4.78, 5) is 22.3. The van der Waals surface area contributed by atoms with E-state index in [1.165, 1.54) is 0 Å². The van der Waals surface area contributed by atoms with Gasteiger partial charge < -0.3 is 30.1 Å². The topological polar surface area (TPSA) is 133 Å². The highest BCUT2D eigenvalue weighted by atomic mass is 16.5. The highest BCUT2D eigenvalue weighted by Gasteiger charge is 2.12. The number of aromatic nitrogens is 2. The summed E-state index contributed by atoms with van der Waals surface area (Å²) in [6.45, 7) is 3.06. The van der Waals surface area contributed by atoms with Crippen molar-refractivity contribution in [2.45, 2.75) is 0 Å². The van der Waals surface area contributed by atoms with Gasteiger partial charge in [0.05, 0.1) is 31.0 Å². The zero-order chi connectivity index (χ0) is 24.5. The van der Waals surface area contributed by atoms with E-state index in [1.54, 1.807) is 24.4 Å². The van der Waals surface area contributed by atoms with E-state index in [4.69, 9.17) is 14.6 Å². The van der Waals surface area contributed by atoms with Crippen LogP contribution in [0.5, 0.6) is 5.75 Å². The fraction of sp³-hybridized carbons (Fsp3) is 0.280. The zero-order valence-corrected chi connectivity index (χ0v) is 19.1. The van der Waals surface area contributed by atoms with Crippen LogP contribution in [0.15, 0.2) is 54.7 Å². The minimum atomic E-state index is -0.576. The number of nitrogens with one attached hydrogen (secondary N) is 2. The molecule has 0 saturated carbocycles. The summed E-state index contributed by atoms with van der Waals surface area (Å²) in [5.41, 5.74) is 3.77. The van der Waals surface area contributed by atoms with Crippen molar-refractivity contribution >= 4 is 23.2 Å². The second kappa shape index (κ2) is 11.8. The molecule has 0 atom stereocenters. The van der Waals surface area contributed by atoms with Crippen molar-refractivity contribution in [3.05, 3.63) is 60.3 Å². The SMILES string of the molecule is N#Cc1cc(-c2ccnc(Nc3ccc(N4CCOCC4)cc3)n2)ccc1OCCNC(=O)CO. The molecular formula is C25H26N6O4. The van der Waals surface area contributed by atoms with Crippen LogP contribution in [-0.4, -0.2) is 67.0 Å². The molecule has 3 aromatic rings. The van der Waals surface area contributed by atoms with Crippen molar-refractivity contribution in [1.29, 1.82) is 5.26 Å². The third kappa shape index (κ3) is 6.44. The third-order valence-electron chi connectivity index (χ3n) is 5.38. The molecule has 1 aliphatic heterocycles. The van der Waals surface area contributed by atoms with E-state index in [2.05, 4.69) is 43.7 Å². The quantitative estimate of drug-likeness (QED) is 0.399. The Morgan fingerprint density at radius 1 is 1.17 bits per heavy atom. The Bertz CT molecular complexity index is 1190. The van der Waals surface area contributed by atoms with Gasteiger partial charge in [0.2, 0.25) is 11.9 Å². The van der Waals surface area contributed by atoms with Gasteiger partial charge in [-0.05, 0) is 48.5 Å². The van der Waals surface area contributed by atoms with E-state index < -0.39 is 12.5 Å². The second-order valence-electron chi connectivity index (χ2n) is 7.72. The molecule has 3 N–H and O–H groups in total. The zero-order valence-electron chi connectivity index (χ0n) is 19.1. The van der Waals surface area contributed by atoms with Gasteiger partial charge in [0.15, 0.2) is 0 Å². The second-order valence-corrected chi connectivity index (χ2v) is 7.72. The Labute approximate surface area is 203 Å². The molecule has 0 unspecified atom stereocenters. The van der Waals surface area contributed by atoms with E-state index in [9.17, 15) is 10.1 Å². The molecule has 4 rings (SSSR count). The van der Waals surface area contributed by atoms with Gasteiger partial charge in [-0.25, -0.2) is 9.97 Å². The van der Waals surface area contributed by atoms with Crippen molar-refractivity contribution in [1.82, 2.24) is 15.3 Å². The van der Waals surface area contributed by atoms with Crippen LogP contribution in [0.3, 0.4) is 0 Å². The van der Waals surface area contributed by atoms with Crippen molar-refractivity contribution in [3.8, 4) is 23.1 Å². The molecule has 0 radical (unpaired) electrons. The van der Waals surface area contributed by atoms with Gasteiger partial charge in [-0.2, -0.15) is 5.26 Å². The first-order chi connectivity index (χ1) is 17.2. The average molecular weight is 475 g/mol. The summed E-state index contributed by atoms with van der Waals surface area (Å²) in [6, 6.07) is 17.2. The van der Waals surface area contributed by atoms with Gasteiger partial charge in [0.1, 0.15) is 25.0 Å². The third-order valence-corrected chi connectivity index (χ3v) is 5.38. The van der Waals surface area contributed by atoms with Gasteiger partial charge in [-0.1, -0.05) is 0 Å². The van der Waals surface area contributed by atoms with Crippen molar-refractivity contribution < 1.29 is 19.4 Å². The van der Waals surface area contributed by atoms with Crippen LogP contribution in [0.2, 0.25) is 0 Å². The lowest BCUT2D eigenvalue weighted by atomic mass is 10.1. The molecule has 35 heavy (non-hydrogen) atoms. The molecule has 1 amide bonds. The predicted octanol–water partition coefficient (Wildman–Crippen LogP) is 2.08. The van der Waals surface area contributed by atoms with E-state index in [1.807, 2.05) is 18.2 Å². The smallest absolute Gasteiger partial charge is 0.245 e. The number of morpholine rings is 1. The molecule has 1 fully saturated rings. The predicted molar refractivity (Wildman–Crippen MR) is 131 cm³/mol. The van der Waals surface area contributed by atoms with Crippen LogP contribution in [0.1, 0.15) is 5.56 Å². The minimum absolute atomic E-state index is 0.172. The van der Waals surface area contributed by atoms with Crippen LogP contribution in [0.25, 0.3) is 11.3 Å². The van der Waals surface area contributed by atoms with E-state index in [0.717, 1.165) is 43.2 Å². The largest absolute Gasteiger partial charge is 0.490 e. The number of hydrogen-bond donors (Lipinski definition) is 3. The molecule has 10 heteroatoms. The monoisotopic (exact) mass is 474 g/mol. The van der Waals surface area contributed by atoms with Gasteiger partial charge in [0.25, 0.3) is 0 Å². The van der Waals surface area contributed by atoms with Gasteiger partial charge in [-0.15, -0.1) is 0 Å². The first-order valence-electron chi connectivity index (χ1n) is 11.2. The number of benzene rings is 2. The molecule has 1 aromatic heterocycles. The maximum absolute atomic E-state index is 11.1. The van der Waals surface area contributed by atoms with Crippen LogP contribution in [0.4, 0.5) is 17.3 Å². The number of nitrogens with zero attached hydrogens (tertiary/aromatic N) is 4. The minimum Gasteiger partial charge on any atom is -0.490 e. The Morgan fingerprint density at radius 2 is 1.97 bits per heavy atom. The summed E-state index contributed by atoms with van der Waals surface area (Å²) in [6.07, 6.45) is 1.66. The molecule has 0 aliphatic carbocycles. The number of nitriles is 1. The van der Waals surface area contributed by atoms with Crippen LogP contribution in [-0.2, 0) is 9.53 Å². The van der Waals surface area contributed by atoms with Gasteiger partial charge in [-0.3, -0.25) is 4.79 Å². The molecule has 2 heterocycles. The number of rotatable bonds is 9. The number of aliphatic hydroxyl groups excluding tert-OH is 1. The van der Waals surface area contributed by atoms with Crippen LogP contribution in [0, 0.1) is 11.3 Å². The Hall–Kier alpha value is -4.20. The summed E-state index contributed by atoms with van der Waals surface area (Å²) in [5.74, 6) is 0.369. The number of carbonyl (C=O) groups excluding carboxylic acids is 1. The maximum atomic E-state index is 11.1. The lowest BCUT2D eigenvalue weighted by Gasteiger charge is -2.28. The first-order valence-corrected chi connectivity index (χ1v) is 11.2. The molecular weight excluding hydrogens is 448 g/mol. The maximum Gasteiger partial charge on any atom is 0.245 e. The van der Waals surface area contributed by atoms with Gasteiger partial charge in [0, 0.05) is 36.2 Å². The van der Waals surface area contributed by atoms with E-state index >= 15 is 0 Å². The fourth-order valence-electron chi connectivity index (χ4n) is 3.60. The molecule has 1 saturated heterocycles. The normalized spacial score (nSPS) is 13.1. The lowest BCUT2D eigenvalue weighted by Crippen LogP contribution is -2.36. The van der Waals surface area contributed by atoms with Crippen LogP contribution >= 0.6 is 0 Å². The molecule has 10 nitrogen and oxygen atoms in total. The molecule has 0 spiro atoms. The number of anilines is 3. The number of ether oxygens (including phenoxy) is 2. The number of aliphatic hydroxyl groups is 1. The lowest BCUT2D eigenvalue weighted by molar-refractivity contribution is -0.123. The standard InChI is InChI=1S/C25H26N6O4/c26-16-19-15-18(1-6-23(19)35-12-9-27-24(33)17-32)22-7-8-28-25(30-22)29-20-2-4-21(5-3-20)31-10-13-34-14-11-31/h1-8,15,32H,9-14,17H2,(H,27,33)(H,28,29,30). The molecule has 2 aromatic carbocycles. The van der Waals surface area contributed by atoms with E-state index in [-0.39, 0.29) is 13.2 Å². The summed E-state index contributed by atoms with van der Waals surface area (Å²) < 4.78 is 11.0. The van der Waals surface area contributed by atoms with Crippen molar-refractivity contribution in [3.63, 3.8) is 0 Å². The van der Waals surface area contributed by atoms with E-state index in [0.29, 0.717) is 23.0 Å². The highest BCUT2D eigenvalue weighted by molar-refractivity contribution is 5.76. The highest BCUT2D eigenvalue weighted by Crippen LogP contribution is 2.26. The number of amides is 1.